The Kier molecular flexibility index (Phi) is 5.89. The Morgan fingerprint density at radius 3 is 2.79 bits per heavy atom. The van der Waals surface area contributed by atoms with E-state index in [0.29, 0.717) is 25.2 Å². The molecule has 1 fully saturated rings. The lowest BCUT2D eigenvalue weighted by Crippen LogP contribution is -2.40. The van der Waals surface area contributed by atoms with Crippen LogP contribution in [0.2, 0.25) is 0 Å². The Labute approximate surface area is 139 Å². The summed E-state index contributed by atoms with van der Waals surface area (Å²) in [6.07, 6.45) is 2.21. The zero-order valence-electron chi connectivity index (χ0n) is 13.5. The minimum absolute atomic E-state index is 0.0685. The Bertz CT molecular complexity index is 647. The number of hydrogen-bond donors (Lipinski definition) is 2. The Morgan fingerprint density at radius 2 is 2.12 bits per heavy atom. The van der Waals surface area contributed by atoms with Crippen LogP contribution in [-0.4, -0.2) is 40.9 Å². The fraction of sp³-hybridized carbons (Fsp3) is 0.471. The summed E-state index contributed by atoms with van der Waals surface area (Å²) in [5, 5.41) is 11.3. The van der Waals surface area contributed by atoms with Crippen molar-refractivity contribution in [2.75, 3.05) is 18.4 Å². The number of hydrogen-bond acceptors (Lipinski definition) is 3. The van der Waals surface area contributed by atoms with Gasteiger partial charge in [-0.15, -0.1) is 0 Å². The number of amides is 2. The SMILES string of the molecule is CC(=O)Nc1ccc(F)c(C(=O)N2CCCC(CCC(=O)O)C2)c1. The minimum atomic E-state index is -0.854. The van der Waals surface area contributed by atoms with Gasteiger partial charge in [0.25, 0.3) is 5.91 Å². The molecule has 1 unspecified atom stereocenters. The predicted octanol–water partition coefficient (Wildman–Crippen LogP) is 2.50. The number of anilines is 1. The topological polar surface area (TPSA) is 86.7 Å². The molecule has 2 amide bonds. The summed E-state index contributed by atoms with van der Waals surface area (Å²) in [6.45, 7) is 2.28. The van der Waals surface area contributed by atoms with Crippen LogP contribution < -0.4 is 5.32 Å². The molecule has 1 saturated heterocycles. The lowest BCUT2D eigenvalue weighted by molar-refractivity contribution is -0.137. The number of rotatable bonds is 5. The summed E-state index contributed by atoms with van der Waals surface area (Å²) in [5.74, 6) is -2.11. The molecule has 6 nitrogen and oxygen atoms in total. The van der Waals surface area contributed by atoms with E-state index in [1.165, 1.54) is 19.1 Å². The van der Waals surface area contributed by atoms with Crippen molar-refractivity contribution in [2.24, 2.45) is 5.92 Å². The molecule has 1 aliphatic heterocycles. The zero-order chi connectivity index (χ0) is 17.7. The van der Waals surface area contributed by atoms with Crippen LogP contribution in [-0.2, 0) is 9.59 Å². The predicted molar refractivity (Wildman–Crippen MR) is 86.2 cm³/mol. The average Bonchev–Trinajstić information content (AvgIpc) is 2.54. The highest BCUT2D eigenvalue weighted by Gasteiger charge is 2.26. The molecule has 0 aromatic heterocycles. The largest absolute Gasteiger partial charge is 0.481 e. The first-order valence-electron chi connectivity index (χ1n) is 7.95. The molecule has 1 heterocycles. The van der Waals surface area contributed by atoms with E-state index in [1.807, 2.05) is 0 Å². The number of piperidine rings is 1. The molecule has 1 atom stereocenters. The van der Waals surface area contributed by atoms with Gasteiger partial charge in [0.1, 0.15) is 5.82 Å². The van der Waals surface area contributed by atoms with E-state index in [1.54, 1.807) is 4.90 Å². The Hall–Kier alpha value is -2.44. The maximum atomic E-state index is 14.0. The van der Waals surface area contributed by atoms with Crippen molar-refractivity contribution in [1.29, 1.82) is 0 Å². The summed E-state index contributed by atoms with van der Waals surface area (Å²) < 4.78 is 14.0. The van der Waals surface area contributed by atoms with Crippen LogP contribution in [0.3, 0.4) is 0 Å². The van der Waals surface area contributed by atoms with Gasteiger partial charge in [0.15, 0.2) is 0 Å². The second-order valence-electron chi connectivity index (χ2n) is 6.07. The number of aliphatic carboxylic acids is 1. The molecule has 2 N–H and O–H groups in total. The van der Waals surface area contributed by atoms with Crippen LogP contribution in [0.25, 0.3) is 0 Å². The van der Waals surface area contributed by atoms with Gasteiger partial charge in [0.05, 0.1) is 5.56 Å². The Morgan fingerprint density at radius 1 is 1.38 bits per heavy atom. The van der Waals surface area contributed by atoms with E-state index in [4.69, 9.17) is 5.11 Å². The first-order valence-corrected chi connectivity index (χ1v) is 7.95. The summed E-state index contributed by atoms with van der Waals surface area (Å²) in [4.78, 5) is 35.9. The summed E-state index contributed by atoms with van der Waals surface area (Å²) in [6, 6.07) is 3.89. The quantitative estimate of drug-likeness (QED) is 0.865. The van der Waals surface area contributed by atoms with Crippen molar-refractivity contribution in [3.63, 3.8) is 0 Å². The van der Waals surface area contributed by atoms with Crippen LogP contribution >= 0.6 is 0 Å². The first-order chi connectivity index (χ1) is 11.4. The van der Waals surface area contributed by atoms with Crippen molar-refractivity contribution in [1.82, 2.24) is 4.90 Å². The molecule has 130 valence electrons. The molecule has 1 aliphatic rings. The normalized spacial score (nSPS) is 17.4. The van der Waals surface area contributed by atoms with E-state index in [2.05, 4.69) is 5.32 Å². The number of likely N-dealkylation sites (tertiary alicyclic amines) is 1. The first kappa shape index (κ1) is 17.9. The van der Waals surface area contributed by atoms with Crippen LogP contribution in [0.4, 0.5) is 10.1 Å². The number of carboxylic acids is 1. The highest BCUT2D eigenvalue weighted by molar-refractivity contribution is 5.97. The molecule has 0 aliphatic carbocycles. The second-order valence-corrected chi connectivity index (χ2v) is 6.07. The maximum Gasteiger partial charge on any atom is 0.303 e. The number of carbonyl (C=O) groups is 3. The number of carboxylic acid groups (broad SMARTS) is 1. The highest BCUT2D eigenvalue weighted by atomic mass is 19.1. The molecule has 2 rings (SSSR count). The molecule has 0 radical (unpaired) electrons. The van der Waals surface area contributed by atoms with Crippen molar-refractivity contribution < 1.29 is 23.9 Å². The molecule has 0 bridgehead atoms. The lowest BCUT2D eigenvalue weighted by Gasteiger charge is -2.32. The second kappa shape index (κ2) is 7.90. The maximum absolute atomic E-state index is 14.0. The molecule has 1 aromatic carbocycles. The molecule has 1 aromatic rings. The lowest BCUT2D eigenvalue weighted by atomic mass is 9.93. The smallest absolute Gasteiger partial charge is 0.303 e. The van der Waals surface area contributed by atoms with E-state index in [0.717, 1.165) is 18.9 Å². The van der Waals surface area contributed by atoms with E-state index in [-0.39, 0.29) is 23.8 Å². The Balaban J connectivity index is 2.09. The van der Waals surface area contributed by atoms with Gasteiger partial charge in [-0.1, -0.05) is 0 Å². The van der Waals surface area contributed by atoms with Gasteiger partial charge < -0.3 is 15.3 Å². The van der Waals surface area contributed by atoms with Crippen molar-refractivity contribution in [3.8, 4) is 0 Å². The van der Waals surface area contributed by atoms with E-state index in [9.17, 15) is 18.8 Å². The van der Waals surface area contributed by atoms with Gasteiger partial charge in [0.2, 0.25) is 5.91 Å². The van der Waals surface area contributed by atoms with Gasteiger partial charge in [-0.2, -0.15) is 0 Å². The molecular weight excluding hydrogens is 315 g/mol. The third-order valence-corrected chi connectivity index (χ3v) is 4.09. The van der Waals surface area contributed by atoms with Crippen LogP contribution in [0.5, 0.6) is 0 Å². The van der Waals surface area contributed by atoms with Crippen LogP contribution in [0, 0.1) is 11.7 Å². The number of nitrogens with zero attached hydrogens (tertiary/aromatic N) is 1. The van der Waals surface area contributed by atoms with Gasteiger partial charge in [-0.3, -0.25) is 14.4 Å². The number of carbonyl (C=O) groups excluding carboxylic acids is 2. The third kappa shape index (κ3) is 4.78. The third-order valence-electron chi connectivity index (χ3n) is 4.09. The van der Waals surface area contributed by atoms with Crippen LogP contribution in [0.15, 0.2) is 18.2 Å². The molecule has 0 spiro atoms. The fourth-order valence-corrected chi connectivity index (χ4v) is 2.95. The van der Waals surface area contributed by atoms with Gasteiger partial charge in [-0.25, -0.2) is 4.39 Å². The highest BCUT2D eigenvalue weighted by Crippen LogP contribution is 2.24. The van der Waals surface area contributed by atoms with E-state index >= 15 is 0 Å². The monoisotopic (exact) mass is 336 g/mol. The molecular formula is C17H21FN2O4. The van der Waals surface area contributed by atoms with Gasteiger partial charge >= 0.3 is 5.97 Å². The summed E-state index contributed by atoms with van der Waals surface area (Å²) >= 11 is 0. The number of nitrogens with one attached hydrogen (secondary N) is 1. The van der Waals surface area contributed by atoms with Crippen molar-refractivity contribution in [2.45, 2.75) is 32.6 Å². The zero-order valence-corrected chi connectivity index (χ0v) is 13.5. The van der Waals surface area contributed by atoms with Gasteiger partial charge in [0, 0.05) is 32.1 Å². The van der Waals surface area contributed by atoms with Gasteiger partial charge in [-0.05, 0) is 43.4 Å². The molecule has 0 saturated carbocycles. The van der Waals surface area contributed by atoms with E-state index < -0.39 is 17.7 Å². The average molecular weight is 336 g/mol. The van der Waals surface area contributed by atoms with Crippen molar-refractivity contribution >= 4 is 23.5 Å². The number of halogens is 1. The molecule has 7 heteroatoms. The fourth-order valence-electron chi connectivity index (χ4n) is 2.95. The summed E-state index contributed by atoms with van der Waals surface area (Å²) in [7, 11) is 0. The van der Waals surface area contributed by atoms with Crippen molar-refractivity contribution in [3.05, 3.63) is 29.6 Å². The summed E-state index contributed by atoms with van der Waals surface area (Å²) in [5.41, 5.74) is 0.284. The van der Waals surface area contributed by atoms with Crippen LogP contribution in [0.1, 0.15) is 43.0 Å². The number of benzene rings is 1. The standard InChI is InChI=1S/C17H21FN2O4/c1-11(21)19-13-5-6-15(18)14(9-13)17(24)20-8-2-3-12(10-20)4-7-16(22)23/h5-6,9,12H,2-4,7-8,10H2,1H3,(H,19,21)(H,22,23). The molecule has 24 heavy (non-hydrogen) atoms. The minimum Gasteiger partial charge on any atom is -0.481 e.